The molecule has 0 aliphatic carbocycles. The molecule has 1 rings (SSSR count). The Labute approximate surface area is 108 Å². The molecule has 1 N–H and O–H groups in total. The maximum atomic E-state index is 11.4. The smallest absolute Gasteiger partial charge is 0.246 e. The molecule has 0 spiro atoms. The highest BCUT2D eigenvalue weighted by Gasteiger charge is 2.12. The highest BCUT2D eigenvalue weighted by molar-refractivity contribution is 5.77. The predicted octanol–water partition coefficient (Wildman–Crippen LogP) is 2.00. The van der Waals surface area contributed by atoms with E-state index >= 15 is 0 Å². The van der Waals surface area contributed by atoms with Gasteiger partial charge in [-0.2, -0.15) is 0 Å². The summed E-state index contributed by atoms with van der Waals surface area (Å²) in [7, 11) is 0. The lowest BCUT2D eigenvalue weighted by molar-refractivity contribution is -0.130. The Morgan fingerprint density at radius 2 is 1.89 bits per heavy atom. The molecule has 18 heavy (non-hydrogen) atoms. The quantitative estimate of drug-likeness (QED) is 0.787. The van der Waals surface area contributed by atoms with E-state index in [4.69, 9.17) is 9.47 Å². The van der Waals surface area contributed by atoms with Gasteiger partial charge in [-0.1, -0.05) is 18.2 Å². The van der Waals surface area contributed by atoms with Gasteiger partial charge in [0, 0.05) is 0 Å². The number of rotatable bonds is 6. The molecule has 0 atom stereocenters. The van der Waals surface area contributed by atoms with Gasteiger partial charge in [0.05, 0.1) is 12.1 Å². The number of ether oxygens (including phenoxy) is 2. The minimum atomic E-state index is -0.294. The molecule has 1 aromatic carbocycles. The van der Waals surface area contributed by atoms with E-state index in [9.17, 15) is 4.79 Å². The van der Waals surface area contributed by atoms with Crippen molar-refractivity contribution in [3.05, 3.63) is 30.3 Å². The van der Waals surface area contributed by atoms with Crippen molar-refractivity contribution in [3.63, 3.8) is 0 Å². The fourth-order valence-electron chi connectivity index (χ4n) is 1.21. The molecule has 100 valence electrons. The van der Waals surface area contributed by atoms with Gasteiger partial charge in [-0.05, 0) is 32.9 Å². The Morgan fingerprint density at radius 1 is 1.22 bits per heavy atom. The minimum Gasteiger partial charge on any atom is -0.492 e. The van der Waals surface area contributed by atoms with Crippen LogP contribution in [0.3, 0.4) is 0 Å². The van der Waals surface area contributed by atoms with Crippen molar-refractivity contribution in [1.29, 1.82) is 0 Å². The second-order valence-electron chi connectivity index (χ2n) is 4.91. The summed E-state index contributed by atoms with van der Waals surface area (Å²) in [5.74, 6) is 0.680. The van der Waals surface area contributed by atoms with Crippen molar-refractivity contribution in [3.8, 4) is 5.75 Å². The molecule has 0 fully saturated rings. The van der Waals surface area contributed by atoms with Crippen LogP contribution in [0.4, 0.5) is 0 Å². The number of hydrogen-bond acceptors (Lipinski definition) is 3. The van der Waals surface area contributed by atoms with E-state index in [0.717, 1.165) is 5.75 Å². The maximum Gasteiger partial charge on any atom is 0.246 e. The third kappa shape index (κ3) is 6.91. The zero-order valence-electron chi connectivity index (χ0n) is 11.2. The van der Waals surface area contributed by atoms with Crippen molar-refractivity contribution < 1.29 is 14.3 Å². The summed E-state index contributed by atoms with van der Waals surface area (Å²) < 4.78 is 10.8. The van der Waals surface area contributed by atoms with Crippen LogP contribution < -0.4 is 10.1 Å². The van der Waals surface area contributed by atoms with Crippen molar-refractivity contribution in [1.82, 2.24) is 5.32 Å². The summed E-state index contributed by atoms with van der Waals surface area (Å²) in [5.41, 5.74) is -0.294. The van der Waals surface area contributed by atoms with Crippen LogP contribution in [0, 0.1) is 0 Å². The van der Waals surface area contributed by atoms with Gasteiger partial charge in [-0.15, -0.1) is 0 Å². The Bertz CT molecular complexity index is 357. The van der Waals surface area contributed by atoms with Crippen molar-refractivity contribution in [2.45, 2.75) is 26.4 Å². The molecule has 0 unspecified atom stereocenters. The summed E-state index contributed by atoms with van der Waals surface area (Å²) in [5, 5.41) is 2.74. The van der Waals surface area contributed by atoms with Crippen LogP contribution in [-0.2, 0) is 9.53 Å². The van der Waals surface area contributed by atoms with Gasteiger partial charge in [0.15, 0.2) is 0 Å². The summed E-state index contributed by atoms with van der Waals surface area (Å²) in [4.78, 5) is 11.4. The van der Waals surface area contributed by atoms with Crippen LogP contribution in [0.1, 0.15) is 20.8 Å². The Balaban J connectivity index is 2.09. The molecular formula is C14H21NO3. The van der Waals surface area contributed by atoms with Crippen LogP contribution in [0.5, 0.6) is 5.75 Å². The average molecular weight is 251 g/mol. The van der Waals surface area contributed by atoms with Crippen LogP contribution in [0.15, 0.2) is 30.3 Å². The molecule has 0 aliphatic rings. The predicted molar refractivity (Wildman–Crippen MR) is 70.7 cm³/mol. The zero-order valence-corrected chi connectivity index (χ0v) is 11.2. The van der Waals surface area contributed by atoms with E-state index < -0.39 is 0 Å². The molecule has 0 bridgehead atoms. The fraction of sp³-hybridized carbons (Fsp3) is 0.500. The van der Waals surface area contributed by atoms with Crippen molar-refractivity contribution in [2.24, 2.45) is 0 Å². The molecule has 0 radical (unpaired) electrons. The number of para-hydroxylation sites is 1. The van der Waals surface area contributed by atoms with Gasteiger partial charge in [0.1, 0.15) is 19.0 Å². The number of amides is 1. The first-order chi connectivity index (χ1) is 8.47. The number of nitrogens with one attached hydrogen (secondary N) is 1. The number of carbonyl (C=O) groups is 1. The average Bonchev–Trinajstić information content (AvgIpc) is 2.33. The third-order valence-electron chi connectivity index (χ3n) is 2.07. The first kappa shape index (κ1) is 14.5. The molecular weight excluding hydrogens is 230 g/mol. The van der Waals surface area contributed by atoms with Gasteiger partial charge in [0.2, 0.25) is 5.91 Å². The summed E-state index contributed by atoms with van der Waals surface area (Å²) in [6, 6.07) is 9.50. The zero-order chi connectivity index (χ0) is 13.4. The molecule has 1 aromatic rings. The number of carbonyl (C=O) groups excluding carboxylic acids is 1. The molecule has 4 nitrogen and oxygen atoms in total. The second kappa shape index (κ2) is 7.01. The lowest BCUT2D eigenvalue weighted by atomic mass is 10.2. The lowest BCUT2D eigenvalue weighted by Gasteiger charge is -2.18. The Hall–Kier alpha value is -1.55. The van der Waals surface area contributed by atoms with E-state index in [1.807, 2.05) is 51.1 Å². The minimum absolute atomic E-state index is 0.0782. The Morgan fingerprint density at radius 3 is 2.50 bits per heavy atom. The number of hydrogen-bond donors (Lipinski definition) is 1. The fourth-order valence-corrected chi connectivity index (χ4v) is 1.21. The van der Waals surface area contributed by atoms with E-state index in [-0.39, 0.29) is 18.1 Å². The second-order valence-corrected chi connectivity index (χ2v) is 4.91. The standard InChI is InChI=1S/C14H21NO3/c1-14(2,3)18-11-13(16)15-9-10-17-12-7-5-4-6-8-12/h4-8H,9-11H2,1-3H3,(H,15,16). The topological polar surface area (TPSA) is 47.6 Å². The first-order valence-corrected chi connectivity index (χ1v) is 6.06. The highest BCUT2D eigenvalue weighted by Crippen LogP contribution is 2.07. The van der Waals surface area contributed by atoms with Crippen LogP contribution in [0.25, 0.3) is 0 Å². The van der Waals surface area contributed by atoms with E-state index in [2.05, 4.69) is 5.32 Å². The molecule has 0 saturated heterocycles. The van der Waals surface area contributed by atoms with Gasteiger partial charge in [-0.3, -0.25) is 4.79 Å². The summed E-state index contributed by atoms with van der Waals surface area (Å²) >= 11 is 0. The van der Waals surface area contributed by atoms with Crippen molar-refractivity contribution in [2.75, 3.05) is 19.8 Å². The van der Waals surface area contributed by atoms with Gasteiger partial charge in [0.25, 0.3) is 0 Å². The van der Waals surface area contributed by atoms with Crippen LogP contribution >= 0.6 is 0 Å². The first-order valence-electron chi connectivity index (χ1n) is 6.06. The molecule has 0 aromatic heterocycles. The summed E-state index contributed by atoms with van der Waals surface area (Å²) in [6.45, 7) is 6.75. The van der Waals surface area contributed by atoms with Crippen LogP contribution in [0.2, 0.25) is 0 Å². The normalized spacial score (nSPS) is 11.1. The number of benzene rings is 1. The molecule has 0 saturated carbocycles. The highest BCUT2D eigenvalue weighted by atomic mass is 16.5. The Kier molecular flexibility index (Phi) is 5.65. The third-order valence-corrected chi connectivity index (χ3v) is 2.07. The van der Waals surface area contributed by atoms with E-state index in [1.165, 1.54) is 0 Å². The monoisotopic (exact) mass is 251 g/mol. The largest absolute Gasteiger partial charge is 0.492 e. The SMILES string of the molecule is CC(C)(C)OCC(=O)NCCOc1ccccc1. The van der Waals surface area contributed by atoms with Gasteiger partial charge >= 0.3 is 0 Å². The maximum absolute atomic E-state index is 11.4. The van der Waals surface area contributed by atoms with Crippen molar-refractivity contribution >= 4 is 5.91 Å². The molecule has 1 amide bonds. The van der Waals surface area contributed by atoms with Gasteiger partial charge in [-0.25, -0.2) is 0 Å². The molecule has 0 aliphatic heterocycles. The van der Waals surface area contributed by atoms with Gasteiger partial charge < -0.3 is 14.8 Å². The lowest BCUT2D eigenvalue weighted by Crippen LogP contribution is -2.34. The molecule has 0 heterocycles. The summed E-state index contributed by atoms with van der Waals surface area (Å²) in [6.07, 6.45) is 0. The van der Waals surface area contributed by atoms with E-state index in [0.29, 0.717) is 13.2 Å². The van der Waals surface area contributed by atoms with Crippen LogP contribution in [-0.4, -0.2) is 31.3 Å². The van der Waals surface area contributed by atoms with E-state index in [1.54, 1.807) is 0 Å². The molecule has 4 heteroatoms.